The lowest BCUT2D eigenvalue weighted by atomic mass is 9.85. The van der Waals surface area contributed by atoms with Gasteiger partial charge in [0, 0.05) is 5.69 Å². The molecule has 4 nitrogen and oxygen atoms in total. The fourth-order valence-corrected chi connectivity index (χ4v) is 3.78. The number of methoxy groups -OCH3 is 1. The molecule has 0 spiro atoms. The Morgan fingerprint density at radius 2 is 1.86 bits per heavy atom. The van der Waals surface area contributed by atoms with Crippen molar-refractivity contribution in [2.75, 3.05) is 18.6 Å². The van der Waals surface area contributed by atoms with Crippen LogP contribution in [0, 0.1) is 5.92 Å². The van der Waals surface area contributed by atoms with Crippen molar-refractivity contribution in [1.29, 1.82) is 0 Å². The molecule has 1 saturated heterocycles. The smallest absolute Gasteiger partial charge is 0.330 e. The van der Waals surface area contributed by atoms with Crippen LogP contribution >= 0.6 is 0 Å². The van der Waals surface area contributed by atoms with Crippen molar-refractivity contribution in [3.63, 3.8) is 0 Å². The third kappa shape index (κ3) is 2.92. The molecule has 4 heteroatoms. The van der Waals surface area contributed by atoms with Crippen LogP contribution in [0.1, 0.15) is 39.0 Å². The molecular weight excluding hydrogens is 278 g/mol. The second-order valence-electron chi connectivity index (χ2n) is 6.19. The van der Waals surface area contributed by atoms with Crippen molar-refractivity contribution in [2.24, 2.45) is 5.92 Å². The van der Waals surface area contributed by atoms with Crippen LogP contribution in [0.2, 0.25) is 0 Å². The van der Waals surface area contributed by atoms with Gasteiger partial charge in [-0.3, -0.25) is 0 Å². The van der Waals surface area contributed by atoms with E-state index in [9.17, 15) is 4.79 Å². The second-order valence-corrected chi connectivity index (χ2v) is 6.19. The molecule has 2 fully saturated rings. The number of hydrogen-bond donors (Lipinski definition) is 0. The highest BCUT2D eigenvalue weighted by Crippen LogP contribution is 2.45. The first-order chi connectivity index (χ1) is 10.8. The number of nitrogens with zero attached hydrogens (tertiary/aromatic N) is 1. The molecule has 1 saturated carbocycles. The molecule has 2 aliphatic rings. The Labute approximate surface area is 132 Å². The summed E-state index contributed by atoms with van der Waals surface area (Å²) < 4.78 is 10.5. The van der Waals surface area contributed by atoms with Gasteiger partial charge < -0.3 is 14.4 Å². The van der Waals surface area contributed by atoms with E-state index in [1.165, 1.54) is 32.1 Å². The molecule has 0 aromatic heterocycles. The van der Waals surface area contributed by atoms with Gasteiger partial charge in [-0.15, -0.1) is 0 Å². The van der Waals surface area contributed by atoms with Crippen LogP contribution in [-0.2, 0) is 9.53 Å². The van der Waals surface area contributed by atoms with Crippen molar-refractivity contribution >= 4 is 11.7 Å². The van der Waals surface area contributed by atoms with Crippen molar-refractivity contribution in [1.82, 2.24) is 0 Å². The van der Waals surface area contributed by atoms with E-state index in [0.717, 1.165) is 11.4 Å². The molecule has 1 heterocycles. The lowest BCUT2D eigenvalue weighted by Crippen LogP contribution is -2.20. The molecule has 22 heavy (non-hydrogen) atoms. The first-order valence-corrected chi connectivity index (χ1v) is 8.35. The van der Waals surface area contributed by atoms with Gasteiger partial charge in [0.15, 0.2) is 0 Å². The largest absolute Gasteiger partial charge is 0.497 e. The number of benzene rings is 1. The summed E-state index contributed by atoms with van der Waals surface area (Å²) in [6.45, 7) is 2.32. The van der Waals surface area contributed by atoms with Gasteiger partial charge in [-0.05, 0) is 49.9 Å². The first kappa shape index (κ1) is 15.2. The minimum absolute atomic E-state index is 0.0751. The molecule has 0 unspecified atom stereocenters. The lowest BCUT2D eigenvalue weighted by Gasteiger charge is -2.21. The van der Waals surface area contributed by atoms with Crippen LogP contribution in [0.4, 0.5) is 5.69 Å². The molecule has 1 aliphatic carbocycles. The molecule has 1 aromatic carbocycles. The molecule has 120 valence electrons. The summed E-state index contributed by atoms with van der Waals surface area (Å²) in [5.74, 6) is 1.38. The molecule has 2 atom stereocenters. The monoisotopic (exact) mass is 303 g/mol. The maximum atomic E-state index is 12.3. The van der Waals surface area contributed by atoms with E-state index < -0.39 is 0 Å². The number of carbonyl (C=O) groups excluding carboxylic acids is 1. The third-order valence-electron chi connectivity index (χ3n) is 4.89. The molecule has 3 rings (SSSR count). The number of esters is 1. The Hall–Kier alpha value is -1.71. The van der Waals surface area contributed by atoms with E-state index in [2.05, 4.69) is 4.90 Å². The first-order valence-electron chi connectivity index (χ1n) is 8.35. The van der Waals surface area contributed by atoms with Gasteiger partial charge in [-0.2, -0.15) is 0 Å². The zero-order chi connectivity index (χ0) is 15.5. The Kier molecular flexibility index (Phi) is 4.55. The van der Waals surface area contributed by atoms with E-state index in [1.54, 1.807) is 7.11 Å². The molecule has 0 N–H and O–H groups in total. The van der Waals surface area contributed by atoms with Crippen LogP contribution < -0.4 is 9.64 Å². The molecule has 1 aliphatic heterocycles. The fraction of sp³-hybridized carbons (Fsp3) is 0.611. The molecule has 0 bridgehead atoms. The quantitative estimate of drug-likeness (QED) is 0.617. The Morgan fingerprint density at radius 1 is 1.18 bits per heavy atom. The summed E-state index contributed by atoms with van der Waals surface area (Å²) in [7, 11) is 1.67. The zero-order valence-electron chi connectivity index (χ0n) is 13.5. The SMILES string of the molecule is CCOC(=O)[C@H]1[C@@H](C2CCCCC2)N1c1ccc(OC)cc1. The Balaban J connectivity index is 1.77. The van der Waals surface area contributed by atoms with Gasteiger partial charge in [0.05, 0.1) is 19.8 Å². The molecular formula is C18H25NO3. The van der Waals surface area contributed by atoms with E-state index in [1.807, 2.05) is 31.2 Å². The molecule has 1 aromatic rings. The van der Waals surface area contributed by atoms with Crippen molar-refractivity contribution in [3.8, 4) is 5.75 Å². The predicted molar refractivity (Wildman–Crippen MR) is 86.3 cm³/mol. The second kappa shape index (κ2) is 6.59. The van der Waals surface area contributed by atoms with Gasteiger partial charge in [-0.25, -0.2) is 4.79 Å². The summed E-state index contributed by atoms with van der Waals surface area (Å²) in [6.07, 6.45) is 6.36. The summed E-state index contributed by atoms with van der Waals surface area (Å²) >= 11 is 0. The summed E-state index contributed by atoms with van der Waals surface area (Å²) in [5.41, 5.74) is 1.09. The van der Waals surface area contributed by atoms with Crippen LogP contribution in [0.15, 0.2) is 24.3 Å². The van der Waals surface area contributed by atoms with Gasteiger partial charge in [-0.1, -0.05) is 19.3 Å². The van der Waals surface area contributed by atoms with Crippen molar-refractivity contribution < 1.29 is 14.3 Å². The summed E-state index contributed by atoms with van der Waals surface area (Å²) in [5, 5.41) is 0. The summed E-state index contributed by atoms with van der Waals surface area (Å²) in [6, 6.07) is 8.19. The Bertz CT molecular complexity index is 508. The standard InChI is InChI=1S/C18H25NO3/c1-3-22-18(20)17-16(13-7-5-4-6-8-13)19(17)14-9-11-15(21-2)12-10-14/h9-13,16-17H,3-8H2,1-2H3/t16-,17-,19?/m1/s1. The fourth-order valence-electron chi connectivity index (χ4n) is 3.78. The average Bonchev–Trinajstić information content (AvgIpc) is 3.32. The van der Waals surface area contributed by atoms with Gasteiger partial charge in [0.25, 0.3) is 0 Å². The molecule has 0 amide bonds. The van der Waals surface area contributed by atoms with Gasteiger partial charge in [0.1, 0.15) is 11.8 Å². The highest BCUT2D eigenvalue weighted by molar-refractivity contribution is 5.88. The highest BCUT2D eigenvalue weighted by atomic mass is 16.5. The summed E-state index contributed by atoms with van der Waals surface area (Å²) in [4.78, 5) is 14.5. The lowest BCUT2D eigenvalue weighted by molar-refractivity contribution is -0.142. The van der Waals surface area contributed by atoms with E-state index in [4.69, 9.17) is 9.47 Å². The van der Waals surface area contributed by atoms with Crippen LogP contribution in [0.25, 0.3) is 0 Å². The topological polar surface area (TPSA) is 38.5 Å². The van der Waals surface area contributed by atoms with Crippen molar-refractivity contribution in [2.45, 2.75) is 51.1 Å². The number of anilines is 1. The normalized spacial score (nSPS) is 24.9. The number of rotatable bonds is 5. The maximum absolute atomic E-state index is 12.3. The Morgan fingerprint density at radius 3 is 2.45 bits per heavy atom. The zero-order valence-corrected chi connectivity index (χ0v) is 13.5. The molecule has 0 radical (unpaired) electrons. The predicted octanol–water partition coefficient (Wildman–Crippen LogP) is 3.40. The highest BCUT2D eigenvalue weighted by Gasteiger charge is 2.56. The third-order valence-corrected chi connectivity index (χ3v) is 4.89. The average molecular weight is 303 g/mol. The van der Waals surface area contributed by atoms with E-state index >= 15 is 0 Å². The van der Waals surface area contributed by atoms with Crippen LogP contribution in [0.3, 0.4) is 0 Å². The van der Waals surface area contributed by atoms with Crippen LogP contribution in [-0.4, -0.2) is 31.8 Å². The van der Waals surface area contributed by atoms with Gasteiger partial charge >= 0.3 is 5.97 Å². The number of ether oxygens (including phenoxy) is 2. The van der Waals surface area contributed by atoms with Crippen molar-refractivity contribution in [3.05, 3.63) is 24.3 Å². The number of hydrogen-bond acceptors (Lipinski definition) is 4. The van der Waals surface area contributed by atoms with Crippen LogP contribution in [0.5, 0.6) is 5.75 Å². The minimum Gasteiger partial charge on any atom is -0.497 e. The maximum Gasteiger partial charge on any atom is 0.330 e. The number of carbonyl (C=O) groups is 1. The minimum atomic E-state index is -0.101. The van der Waals surface area contributed by atoms with E-state index in [0.29, 0.717) is 18.6 Å². The van der Waals surface area contributed by atoms with Gasteiger partial charge in [0.2, 0.25) is 0 Å². The van der Waals surface area contributed by atoms with E-state index in [-0.39, 0.29) is 12.0 Å².